The van der Waals surface area contributed by atoms with Crippen LogP contribution < -0.4 is 11.3 Å². The van der Waals surface area contributed by atoms with Crippen LogP contribution in [0.25, 0.3) is 10.9 Å². The van der Waals surface area contributed by atoms with Gasteiger partial charge in [0.25, 0.3) is 5.56 Å². The van der Waals surface area contributed by atoms with Gasteiger partial charge in [-0.05, 0) is 36.6 Å². The number of benzene rings is 1. The van der Waals surface area contributed by atoms with Crippen molar-refractivity contribution in [2.75, 3.05) is 17.7 Å². The van der Waals surface area contributed by atoms with Gasteiger partial charge in [-0.15, -0.1) is 0 Å². The number of aromatic nitrogens is 2. The van der Waals surface area contributed by atoms with Gasteiger partial charge in [0.05, 0.1) is 17.2 Å². The quantitative estimate of drug-likeness (QED) is 0.662. The Balaban J connectivity index is 2.39. The Kier molecular flexibility index (Phi) is 3.68. The first kappa shape index (κ1) is 12.0. The molecule has 0 aliphatic rings. The van der Waals surface area contributed by atoms with Crippen molar-refractivity contribution in [2.24, 2.45) is 0 Å². The standard InChI is InChI=1S/C12H15N3OS/c1-17-6-2-5-15-8-14-11-4-3-9(13)7-10(11)12(15)16/h3-4,7-8H,2,5-6,13H2,1H3. The topological polar surface area (TPSA) is 60.9 Å². The molecule has 5 heteroatoms. The molecule has 0 saturated heterocycles. The highest BCUT2D eigenvalue weighted by Crippen LogP contribution is 2.11. The van der Waals surface area contributed by atoms with E-state index in [9.17, 15) is 4.79 Å². The minimum Gasteiger partial charge on any atom is -0.399 e. The predicted octanol–water partition coefficient (Wildman–Crippen LogP) is 1.73. The molecule has 0 aliphatic carbocycles. The molecule has 2 aromatic rings. The molecule has 1 aromatic carbocycles. The smallest absolute Gasteiger partial charge is 0.261 e. The fourth-order valence-corrected chi connectivity index (χ4v) is 2.13. The normalized spacial score (nSPS) is 10.9. The number of aryl methyl sites for hydroxylation is 1. The number of hydrogen-bond donors (Lipinski definition) is 1. The maximum absolute atomic E-state index is 12.1. The van der Waals surface area contributed by atoms with Gasteiger partial charge in [0.1, 0.15) is 0 Å². The van der Waals surface area contributed by atoms with Crippen LogP contribution in [-0.4, -0.2) is 21.6 Å². The minimum atomic E-state index is -0.0107. The number of hydrogen-bond acceptors (Lipinski definition) is 4. The summed E-state index contributed by atoms with van der Waals surface area (Å²) in [5.74, 6) is 1.04. The fourth-order valence-electron chi connectivity index (χ4n) is 1.72. The zero-order valence-electron chi connectivity index (χ0n) is 9.72. The van der Waals surface area contributed by atoms with Crippen LogP contribution in [0.3, 0.4) is 0 Å². The van der Waals surface area contributed by atoms with E-state index in [2.05, 4.69) is 11.2 Å². The average Bonchev–Trinajstić information content (AvgIpc) is 2.33. The first-order chi connectivity index (χ1) is 8.22. The van der Waals surface area contributed by atoms with Crippen molar-refractivity contribution >= 4 is 28.4 Å². The summed E-state index contributed by atoms with van der Waals surface area (Å²) < 4.78 is 1.65. The Morgan fingerprint density at radius 1 is 1.47 bits per heavy atom. The second kappa shape index (κ2) is 5.23. The second-order valence-corrected chi connectivity index (χ2v) is 4.85. The molecule has 0 spiro atoms. The van der Waals surface area contributed by atoms with Crippen LogP contribution in [0.5, 0.6) is 0 Å². The lowest BCUT2D eigenvalue weighted by atomic mass is 10.2. The Bertz CT molecular complexity index is 579. The van der Waals surface area contributed by atoms with E-state index >= 15 is 0 Å². The molecule has 0 atom stereocenters. The van der Waals surface area contributed by atoms with E-state index < -0.39 is 0 Å². The summed E-state index contributed by atoms with van der Waals surface area (Å²) in [6.45, 7) is 0.706. The Hall–Kier alpha value is -1.49. The van der Waals surface area contributed by atoms with Crippen molar-refractivity contribution in [3.8, 4) is 0 Å². The van der Waals surface area contributed by atoms with Gasteiger partial charge >= 0.3 is 0 Å². The van der Waals surface area contributed by atoms with Gasteiger partial charge < -0.3 is 5.73 Å². The molecule has 90 valence electrons. The number of fused-ring (bicyclic) bond motifs is 1. The summed E-state index contributed by atoms with van der Waals surface area (Å²) in [4.78, 5) is 16.4. The van der Waals surface area contributed by atoms with E-state index in [0.717, 1.165) is 12.2 Å². The first-order valence-electron chi connectivity index (χ1n) is 5.46. The third kappa shape index (κ3) is 2.61. The zero-order chi connectivity index (χ0) is 12.3. The Labute approximate surface area is 104 Å². The van der Waals surface area contributed by atoms with E-state index in [-0.39, 0.29) is 5.56 Å². The van der Waals surface area contributed by atoms with E-state index in [0.29, 0.717) is 23.1 Å². The number of nitrogens with zero attached hydrogens (tertiary/aromatic N) is 2. The van der Waals surface area contributed by atoms with Crippen molar-refractivity contribution in [1.82, 2.24) is 9.55 Å². The Morgan fingerprint density at radius 2 is 2.29 bits per heavy atom. The molecule has 0 aliphatic heterocycles. The number of anilines is 1. The van der Waals surface area contributed by atoms with Gasteiger partial charge in [-0.1, -0.05) is 0 Å². The average molecular weight is 249 g/mol. The summed E-state index contributed by atoms with van der Waals surface area (Å²) in [7, 11) is 0. The zero-order valence-corrected chi connectivity index (χ0v) is 10.5. The molecular formula is C12H15N3OS. The van der Waals surface area contributed by atoms with Crippen molar-refractivity contribution in [3.05, 3.63) is 34.9 Å². The summed E-state index contributed by atoms with van der Waals surface area (Å²) in [6, 6.07) is 5.22. The largest absolute Gasteiger partial charge is 0.399 e. The summed E-state index contributed by atoms with van der Waals surface area (Å²) >= 11 is 1.78. The Morgan fingerprint density at radius 3 is 3.06 bits per heavy atom. The van der Waals surface area contributed by atoms with E-state index in [1.807, 2.05) is 0 Å². The summed E-state index contributed by atoms with van der Waals surface area (Å²) in [6.07, 6.45) is 4.64. The predicted molar refractivity (Wildman–Crippen MR) is 73.4 cm³/mol. The molecule has 1 heterocycles. The third-order valence-electron chi connectivity index (χ3n) is 2.60. The van der Waals surface area contributed by atoms with Crippen LogP contribution in [0.15, 0.2) is 29.3 Å². The molecule has 17 heavy (non-hydrogen) atoms. The van der Waals surface area contributed by atoms with Crippen molar-refractivity contribution < 1.29 is 0 Å². The maximum Gasteiger partial charge on any atom is 0.261 e. The SMILES string of the molecule is CSCCCn1cnc2ccc(N)cc2c1=O. The lowest BCUT2D eigenvalue weighted by Crippen LogP contribution is -2.21. The minimum absolute atomic E-state index is 0.0107. The van der Waals surface area contributed by atoms with Crippen LogP contribution >= 0.6 is 11.8 Å². The van der Waals surface area contributed by atoms with Gasteiger partial charge in [0.15, 0.2) is 0 Å². The highest BCUT2D eigenvalue weighted by Gasteiger charge is 2.03. The monoisotopic (exact) mass is 249 g/mol. The molecule has 0 amide bonds. The van der Waals surface area contributed by atoms with Gasteiger partial charge in [0, 0.05) is 12.2 Å². The van der Waals surface area contributed by atoms with Crippen molar-refractivity contribution in [3.63, 3.8) is 0 Å². The lowest BCUT2D eigenvalue weighted by Gasteiger charge is -2.06. The molecule has 0 bridgehead atoms. The number of nitrogens with two attached hydrogens (primary N) is 1. The van der Waals surface area contributed by atoms with Gasteiger partial charge in [-0.25, -0.2) is 4.98 Å². The lowest BCUT2D eigenvalue weighted by molar-refractivity contribution is 0.652. The summed E-state index contributed by atoms with van der Waals surface area (Å²) in [5.41, 5.74) is 6.97. The second-order valence-electron chi connectivity index (χ2n) is 3.87. The molecule has 4 nitrogen and oxygen atoms in total. The van der Waals surface area contributed by atoms with Crippen LogP contribution in [-0.2, 0) is 6.54 Å². The molecular weight excluding hydrogens is 234 g/mol. The molecule has 0 saturated carbocycles. The van der Waals surface area contributed by atoms with Crippen LogP contribution in [0.2, 0.25) is 0 Å². The molecule has 2 rings (SSSR count). The highest BCUT2D eigenvalue weighted by molar-refractivity contribution is 7.98. The van der Waals surface area contributed by atoms with E-state index in [4.69, 9.17) is 5.73 Å². The van der Waals surface area contributed by atoms with Crippen LogP contribution in [0, 0.1) is 0 Å². The summed E-state index contributed by atoms with van der Waals surface area (Å²) in [5, 5.41) is 0.594. The maximum atomic E-state index is 12.1. The highest BCUT2D eigenvalue weighted by atomic mass is 32.2. The molecule has 1 aromatic heterocycles. The number of nitrogen functional groups attached to an aromatic ring is 1. The third-order valence-corrected chi connectivity index (χ3v) is 3.29. The van der Waals surface area contributed by atoms with Gasteiger partial charge in [-0.3, -0.25) is 9.36 Å². The number of rotatable bonds is 4. The fraction of sp³-hybridized carbons (Fsp3) is 0.333. The number of thioether (sulfide) groups is 1. The molecule has 2 N–H and O–H groups in total. The van der Waals surface area contributed by atoms with Gasteiger partial charge in [-0.2, -0.15) is 11.8 Å². The van der Waals surface area contributed by atoms with E-state index in [1.165, 1.54) is 0 Å². The van der Waals surface area contributed by atoms with Crippen LogP contribution in [0.4, 0.5) is 5.69 Å². The van der Waals surface area contributed by atoms with Crippen molar-refractivity contribution in [1.29, 1.82) is 0 Å². The molecule has 0 fully saturated rings. The van der Waals surface area contributed by atoms with Crippen molar-refractivity contribution in [2.45, 2.75) is 13.0 Å². The molecule has 0 unspecified atom stereocenters. The molecule has 0 radical (unpaired) electrons. The first-order valence-corrected chi connectivity index (χ1v) is 6.85. The van der Waals surface area contributed by atoms with Gasteiger partial charge in [0.2, 0.25) is 0 Å². The van der Waals surface area contributed by atoms with E-state index in [1.54, 1.807) is 40.9 Å². The van der Waals surface area contributed by atoms with Crippen LogP contribution in [0.1, 0.15) is 6.42 Å².